The van der Waals surface area contributed by atoms with Crippen LogP contribution in [-0.4, -0.2) is 116 Å². The lowest BCUT2D eigenvalue weighted by molar-refractivity contribution is -0.140. The third-order valence-electron chi connectivity index (χ3n) is 8.10. The van der Waals surface area contributed by atoms with Gasteiger partial charge in [-0.2, -0.15) is 0 Å². The summed E-state index contributed by atoms with van der Waals surface area (Å²) in [5, 5.41) is 32.3. The zero-order valence-corrected chi connectivity index (χ0v) is 31.3. The summed E-state index contributed by atoms with van der Waals surface area (Å²) in [5.41, 5.74) is 2.22. The monoisotopic (exact) mass is 771 g/mol. The van der Waals surface area contributed by atoms with Gasteiger partial charge in [-0.3, -0.25) is 28.8 Å². The van der Waals surface area contributed by atoms with Gasteiger partial charge in [0.05, 0.1) is 84.3 Å². The Morgan fingerprint density at radius 1 is 0.673 bits per heavy atom. The van der Waals surface area contributed by atoms with Gasteiger partial charge in [0.15, 0.2) is 0 Å². The number of anilines is 1. The second kappa shape index (κ2) is 25.8. The van der Waals surface area contributed by atoms with E-state index in [-0.39, 0.29) is 110 Å². The molecule has 0 fully saturated rings. The normalized spacial score (nSPS) is 11.1. The maximum Gasteiger partial charge on any atom is 0.305 e. The standard InChI is InChI=1S/C39H53N3O13/c1-3-29-9-5-6-11-31(29)25-42(32-12-8-7-10-30(32)4-2)35(45)14-13-33(43)40-19-24-52-20-15-34(44)41-39(26-53-21-16-36(46)47,27-54-22-17-37(48)49)28-55-23-18-38(50)51/h4-12H,2-3,13-28H2,1H3,(H,40,43)(H,41,44)(H,46,47)(H,48,49)(H,50,51). The smallest absolute Gasteiger partial charge is 0.305 e. The lowest BCUT2D eigenvalue weighted by Gasteiger charge is -2.34. The van der Waals surface area contributed by atoms with Gasteiger partial charge in [0.25, 0.3) is 0 Å². The van der Waals surface area contributed by atoms with Crippen molar-refractivity contribution in [3.63, 3.8) is 0 Å². The fourth-order valence-corrected chi connectivity index (χ4v) is 5.29. The first-order chi connectivity index (χ1) is 26.4. The van der Waals surface area contributed by atoms with E-state index in [1.807, 2.05) is 48.5 Å². The molecule has 0 bridgehead atoms. The number of hydrogen-bond donors (Lipinski definition) is 5. The van der Waals surface area contributed by atoms with Gasteiger partial charge in [0.1, 0.15) is 5.54 Å². The third kappa shape index (κ3) is 18.6. The van der Waals surface area contributed by atoms with Crippen LogP contribution < -0.4 is 15.5 Å². The molecule has 16 heteroatoms. The molecular formula is C39H53N3O13. The number of amides is 3. The molecule has 0 spiro atoms. The van der Waals surface area contributed by atoms with Crippen LogP contribution in [0.25, 0.3) is 6.08 Å². The Kier molecular flexibility index (Phi) is 21.6. The number of rotatable bonds is 30. The number of aliphatic carboxylic acids is 3. The zero-order chi connectivity index (χ0) is 40.5. The topological polar surface area (TPSA) is 227 Å². The van der Waals surface area contributed by atoms with Crippen molar-refractivity contribution in [1.29, 1.82) is 0 Å². The molecule has 0 saturated heterocycles. The Labute approximate surface area is 320 Å². The maximum absolute atomic E-state index is 13.6. The summed E-state index contributed by atoms with van der Waals surface area (Å²) in [7, 11) is 0. The first-order valence-electron chi connectivity index (χ1n) is 18.0. The van der Waals surface area contributed by atoms with E-state index in [1.165, 1.54) is 0 Å². The molecule has 0 heterocycles. The van der Waals surface area contributed by atoms with E-state index < -0.39 is 29.4 Å². The van der Waals surface area contributed by atoms with E-state index in [0.29, 0.717) is 12.2 Å². The van der Waals surface area contributed by atoms with Gasteiger partial charge < -0.3 is 49.8 Å². The molecule has 55 heavy (non-hydrogen) atoms. The van der Waals surface area contributed by atoms with E-state index >= 15 is 0 Å². The van der Waals surface area contributed by atoms with E-state index in [2.05, 4.69) is 24.1 Å². The Morgan fingerprint density at radius 3 is 1.75 bits per heavy atom. The molecule has 302 valence electrons. The summed E-state index contributed by atoms with van der Waals surface area (Å²) in [4.78, 5) is 73.7. The first-order valence-corrected chi connectivity index (χ1v) is 18.0. The molecule has 0 unspecified atom stereocenters. The van der Waals surface area contributed by atoms with Crippen molar-refractivity contribution in [3.05, 3.63) is 71.8 Å². The van der Waals surface area contributed by atoms with Gasteiger partial charge in [0.2, 0.25) is 17.7 Å². The number of carboxylic acids is 3. The summed E-state index contributed by atoms with van der Waals surface area (Å²) in [6, 6.07) is 15.3. The lowest BCUT2D eigenvalue weighted by Crippen LogP contribution is -2.59. The number of hydrogen-bond acceptors (Lipinski definition) is 10. The molecule has 0 aliphatic rings. The van der Waals surface area contributed by atoms with Gasteiger partial charge in [0, 0.05) is 25.8 Å². The van der Waals surface area contributed by atoms with Crippen LogP contribution in [0, 0.1) is 0 Å². The Hall–Kier alpha value is -5.16. The molecule has 0 radical (unpaired) electrons. The summed E-state index contributed by atoms with van der Waals surface area (Å²) in [6.45, 7) is 5.00. The van der Waals surface area contributed by atoms with Crippen LogP contribution in [0.2, 0.25) is 0 Å². The quantitative estimate of drug-likeness (QED) is 0.0721. The van der Waals surface area contributed by atoms with Crippen molar-refractivity contribution in [2.24, 2.45) is 0 Å². The van der Waals surface area contributed by atoms with E-state index in [1.54, 1.807) is 11.0 Å². The van der Waals surface area contributed by atoms with E-state index in [4.69, 9.17) is 34.3 Å². The molecule has 0 saturated carbocycles. The van der Waals surface area contributed by atoms with Gasteiger partial charge >= 0.3 is 17.9 Å². The van der Waals surface area contributed by atoms with Crippen LogP contribution in [0.4, 0.5) is 5.69 Å². The predicted octanol–water partition coefficient (Wildman–Crippen LogP) is 3.06. The zero-order valence-electron chi connectivity index (χ0n) is 31.3. The Bertz CT molecular complexity index is 1510. The average molecular weight is 772 g/mol. The molecule has 2 rings (SSSR count). The van der Waals surface area contributed by atoms with Crippen LogP contribution in [0.5, 0.6) is 0 Å². The SMILES string of the molecule is C=Cc1ccccc1N(Cc1ccccc1CC)C(=O)CCC(=O)NCCOCCC(=O)NC(COCCC(=O)O)(COCCC(=O)O)COCCC(=O)O. The first kappa shape index (κ1) is 46.0. The Morgan fingerprint density at radius 2 is 1.20 bits per heavy atom. The average Bonchev–Trinajstić information content (AvgIpc) is 3.16. The summed E-state index contributed by atoms with van der Waals surface area (Å²) >= 11 is 0. The van der Waals surface area contributed by atoms with Crippen molar-refractivity contribution >= 4 is 47.4 Å². The van der Waals surface area contributed by atoms with Crippen molar-refractivity contribution < 1.29 is 63.0 Å². The number of carbonyl (C=O) groups excluding carboxylic acids is 3. The highest BCUT2D eigenvalue weighted by molar-refractivity contribution is 5.97. The Balaban J connectivity index is 1.90. The maximum atomic E-state index is 13.6. The number of aryl methyl sites for hydroxylation is 1. The minimum absolute atomic E-state index is 0.0333. The fraction of sp³-hybridized carbons (Fsp3) is 0.487. The number of para-hydroxylation sites is 1. The fourth-order valence-electron chi connectivity index (χ4n) is 5.29. The highest BCUT2D eigenvalue weighted by atomic mass is 16.5. The molecule has 0 atom stereocenters. The minimum Gasteiger partial charge on any atom is -0.481 e. The number of carboxylic acid groups (broad SMARTS) is 3. The predicted molar refractivity (Wildman–Crippen MR) is 201 cm³/mol. The van der Waals surface area contributed by atoms with Gasteiger partial charge in [-0.15, -0.1) is 0 Å². The van der Waals surface area contributed by atoms with E-state index in [0.717, 1.165) is 23.1 Å². The number of carbonyl (C=O) groups is 6. The molecule has 0 aliphatic heterocycles. The highest BCUT2D eigenvalue weighted by Gasteiger charge is 2.34. The molecule has 5 N–H and O–H groups in total. The second-order valence-corrected chi connectivity index (χ2v) is 12.5. The minimum atomic E-state index is -1.40. The largest absolute Gasteiger partial charge is 0.481 e. The van der Waals surface area contributed by atoms with Crippen LogP contribution in [0.15, 0.2) is 55.1 Å². The highest BCUT2D eigenvalue weighted by Crippen LogP contribution is 2.26. The summed E-state index contributed by atoms with van der Waals surface area (Å²) < 4.78 is 22.0. The molecule has 0 aliphatic carbocycles. The van der Waals surface area contributed by atoms with Crippen LogP contribution in [-0.2, 0) is 60.7 Å². The van der Waals surface area contributed by atoms with Crippen molar-refractivity contribution in [1.82, 2.24) is 10.6 Å². The van der Waals surface area contributed by atoms with Gasteiger partial charge in [-0.25, -0.2) is 0 Å². The molecule has 2 aromatic rings. The van der Waals surface area contributed by atoms with Gasteiger partial charge in [-0.1, -0.05) is 62.0 Å². The van der Waals surface area contributed by atoms with Gasteiger partial charge in [-0.05, 0) is 29.2 Å². The number of nitrogens with one attached hydrogen (secondary N) is 2. The number of ether oxygens (including phenoxy) is 4. The number of benzene rings is 2. The third-order valence-corrected chi connectivity index (χ3v) is 8.10. The van der Waals surface area contributed by atoms with Crippen LogP contribution >= 0.6 is 0 Å². The van der Waals surface area contributed by atoms with Crippen molar-refractivity contribution in [2.45, 2.75) is 64.0 Å². The molecule has 3 amide bonds. The van der Waals surface area contributed by atoms with Crippen LogP contribution in [0.3, 0.4) is 0 Å². The summed E-state index contributed by atoms with van der Waals surface area (Å²) in [6.07, 6.45) is 1.30. The molecule has 0 aromatic heterocycles. The van der Waals surface area contributed by atoms with Crippen molar-refractivity contribution in [2.75, 3.05) is 64.3 Å². The molecule has 2 aromatic carbocycles. The van der Waals surface area contributed by atoms with Crippen LogP contribution in [0.1, 0.15) is 62.1 Å². The lowest BCUT2D eigenvalue weighted by atomic mass is 10.0. The van der Waals surface area contributed by atoms with Crippen molar-refractivity contribution in [3.8, 4) is 0 Å². The molecular weight excluding hydrogens is 718 g/mol. The summed E-state index contributed by atoms with van der Waals surface area (Å²) in [5.74, 6) is -4.41. The number of nitrogens with zero attached hydrogens (tertiary/aromatic N) is 1. The molecule has 16 nitrogen and oxygen atoms in total. The second-order valence-electron chi connectivity index (χ2n) is 12.5. The van der Waals surface area contributed by atoms with E-state index in [9.17, 15) is 28.8 Å².